The van der Waals surface area contributed by atoms with Crippen molar-refractivity contribution in [2.45, 2.75) is 6.54 Å². The minimum absolute atomic E-state index is 0.143. The first kappa shape index (κ1) is 13.2. The Balaban J connectivity index is 2.15. The van der Waals surface area contributed by atoms with E-state index >= 15 is 0 Å². The number of nitrogens with zero attached hydrogens (tertiary/aromatic N) is 2. The van der Waals surface area contributed by atoms with Gasteiger partial charge in [-0.2, -0.15) is 5.10 Å². The third-order valence-corrected chi connectivity index (χ3v) is 3.26. The van der Waals surface area contributed by atoms with E-state index in [0.29, 0.717) is 6.54 Å². The van der Waals surface area contributed by atoms with Gasteiger partial charge in [-0.05, 0) is 22.0 Å². The molecule has 0 bridgehead atoms. The smallest absolute Gasteiger partial charge is 0.284 e. The minimum Gasteiger partial charge on any atom is -0.348 e. The van der Waals surface area contributed by atoms with Crippen molar-refractivity contribution in [3.63, 3.8) is 0 Å². The van der Waals surface area contributed by atoms with Crippen LogP contribution in [0.1, 0.15) is 15.9 Å². The molecule has 98 valence electrons. The molecular formula is C11H9BrN4O3. The van der Waals surface area contributed by atoms with Crippen LogP contribution in [0.25, 0.3) is 0 Å². The zero-order valence-electron chi connectivity index (χ0n) is 9.59. The van der Waals surface area contributed by atoms with Crippen LogP contribution in [-0.2, 0) is 6.54 Å². The van der Waals surface area contributed by atoms with Crippen molar-refractivity contribution in [1.82, 2.24) is 15.5 Å². The Kier molecular flexibility index (Phi) is 3.91. The third-order valence-electron chi connectivity index (χ3n) is 2.43. The fourth-order valence-corrected chi connectivity index (χ4v) is 2.08. The second-order valence-electron chi connectivity index (χ2n) is 3.69. The van der Waals surface area contributed by atoms with Gasteiger partial charge in [-0.3, -0.25) is 20.0 Å². The van der Waals surface area contributed by atoms with Crippen LogP contribution in [-0.4, -0.2) is 21.0 Å². The van der Waals surface area contributed by atoms with Crippen LogP contribution in [0.2, 0.25) is 0 Å². The lowest BCUT2D eigenvalue weighted by Gasteiger charge is -2.05. The molecule has 0 saturated carbocycles. The van der Waals surface area contributed by atoms with Crippen molar-refractivity contribution in [1.29, 1.82) is 0 Å². The molecule has 0 aliphatic carbocycles. The molecule has 2 N–H and O–H groups in total. The summed E-state index contributed by atoms with van der Waals surface area (Å²) < 4.78 is 0.171. The highest BCUT2D eigenvalue weighted by molar-refractivity contribution is 9.10. The summed E-state index contributed by atoms with van der Waals surface area (Å²) >= 11 is 3.08. The molecule has 1 heterocycles. The van der Waals surface area contributed by atoms with Gasteiger partial charge in [0.25, 0.3) is 11.6 Å². The number of benzene rings is 1. The van der Waals surface area contributed by atoms with Gasteiger partial charge >= 0.3 is 0 Å². The number of H-pyrrole nitrogens is 1. The molecule has 7 nitrogen and oxygen atoms in total. The Morgan fingerprint density at radius 2 is 2.32 bits per heavy atom. The number of amides is 1. The van der Waals surface area contributed by atoms with Gasteiger partial charge < -0.3 is 5.32 Å². The van der Waals surface area contributed by atoms with E-state index < -0.39 is 10.8 Å². The standard InChI is InChI=1S/C11H9BrN4O3/c12-10-8(2-1-3-9(10)16(18)19)11(17)13-4-7-5-14-15-6-7/h1-3,5-6H,4H2,(H,13,17)(H,14,15). The number of carbonyl (C=O) groups is 1. The van der Waals surface area contributed by atoms with E-state index in [-0.39, 0.29) is 15.7 Å². The van der Waals surface area contributed by atoms with Gasteiger partial charge in [-0.1, -0.05) is 6.07 Å². The van der Waals surface area contributed by atoms with Crippen LogP contribution in [0, 0.1) is 10.1 Å². The Hall–Kier alpha value is -2.22. The number of aromatic nitrogens is 2. The van der Waals surface area contributed by atoms with E-state index in [1.54, 1.807) is 12.4 Å². The van der Waals surface area contributed by atoms with Crippen LogP contribution in [0.3, 0.4) is 0 Å². The average Bonchev–Trinajstić information content (AvgIpc) is 2.89. The molecule has 0 atom stereocenters. The average molecular weight is 325 g/mol. The summed E-state index contributed by atoms with van der Waals surface area (Å²) in [6.45, 7) is 0.296. The topological polar surface area (TPSA) is 101 Å². The van der Waals surface area contributed by atoms with Crippen LogP contribution in [0.15, 0.2) is 35.1 Å². The predicted molar refractivity (Wildman–Crippen MR) is 70.6 cm³/mol. The minimum atomic E-state index is -0.545. The maximum atomic E-state index is 11.9. The number of aromatic amines is 1. The Bertz CT molecular complexity index is 612. The SMILES string of the molecule is O=C(NCc1cn[nH]c1)c1cccc([N+](=O)[O-])c1Br. The van der Waals surface area contributed by atoms with Gasteiger partial charge in [-0.25, -0.2) is 0 Å². The number of halogens is 1. The van der Waals surface area contributed by atoms with E-state index in [0.717, 1.165) is 5.56 Å². The second kappa shape index (κ2) is 5.61. The molecule has 1 aromatic heterocycles. The number of hydrogen-bond donors (Lipinski definition) is 2. The van der Waals surface area contributed by atoms with Crippen LogP contribution in [0.5, 0.6) is 0 Å². The summed E-state index contributed by atoms with van der Waals surface area (Å²) in [6.07, 6.45) is 3.24. The summed E-state index contributed by atoms with van der Waals surface area (Å²) in [7, 11) is 0. The van der Waals surface area contributed by atoms with E-state index in [4.69, 9.17) is 0 Å². The molecule has 0 spiro atoms. The number of hydrogen-bond acceptors (Lipinski definition) is 4. The Labute approximate surface area is 116 Å². The van der Waals surface area contributed by atoms with Crippen molar-refractivity contribution >= 4 is 27.5 Å². The molecule has 19 heavy (non-hydrogen) atoms. The summed E-state index contributed by atoms with van der Waals surface area (Å²) in [5, 5.41) is 19.8. The Morgan fingerprint density at radius 3 is 2.95 bits per heavy atom. The molecule has 0 aliphatic heterocycles. The lowest BCUT2D eigenvalue weighted by Crippen LogP contribution is -2.23. The van der Waals surface area contributed by atoms with Crippen LogP contribution in [0.4, 0.5) is 5.69 Å². The van der Waals surface area contributed by atoms with Crippen LogP contribution < -0.4 is 5.32 Å². The Morgan fingerprint density at radius 1 is 1.53 bits per heavy atom. The normalized spacial score (nSPS) is 10.2. The molecule has 1 amide bonds. The van der Waals surface area contributed by atoms with Crippen molar-refractivity contribution < 1.29 is 9.72 Å². The fraction of sp³-hybridized carbons (Fsp3) is 0.0909. The number of nitro benzene ring substituents is 1. The summed E-state index contributed by atoms with van der Waals surface area (Å²) in [4.78, 5) is 22.2. The van der Waals surface area contributed by atoms with Gasteiger partial charge in [-0.15, -0.1) is 0 Å². The number of nitro groups is 1. The first-order chi connectivity index (χ1) is 9.09. The zero-order valence-corrected chi connectivity index (χ0v) is 11.2. The quantitative estimate of drug-likeness (QED) is 0.663. The largest absolute Gasteiger partial charge is 0.348 e. The van der Waals surface area contributed by atoms with Crippen molar-refractivity contribution in [3.05, 3.63) is 56.3 Å². The van der Waals surface area contributed by atoms with Crippen molar-refractivity contribution in [3.8, 4) is 0 Å². The van der Waals surface area contributed by atoms with Gasteiger partial charge in [0.1, 0.15) is 4.47 Å². The van der Waals surface area contributed by atoms with Gasteiger partial charge in [0.05, 0.1) is 16.7 Å². The third kappa shape index (κ3) is 2.97. The molecule has 1 aromatic carbocycles. The van der Waals surface area contributed by atoms with E-state index in [9.17, 15) is 14.9 Å². The number of nitrogens with one attached hydrogen (secondary N) is 2. The van der Waals surface area contributed by atoms with Gasteiger partial charge in [0.2, 0.25) is 0 Å². The zero-order chi connectivity index (χ0) is 13.8. The molecular weight excluding hydrogens is 316 g/mol. The van der Waals surface area contributed by atoms with E-state index in [1.807, 2.05) is 0 Å². The maximum absolute atomic E-state index is 11.9. The molecule has 2 aromatic rings. The van der Waals surface area contributed by atoms with Crippen molar-refractivity contribution in [2.75, 3.05) is 0 Å². The molecule has 2 rings (SSSR count). The number of rotatable bonds is 4. The number of carbonyl (C=O) groups excluding carboxylic acids is 1. The molecule has 0 saturated heterocycles. The fourth-order valence-electron chi connectivity index (χ4n) is 1.49. The molecule has 0 aliphatic rings. The predicted octanol–water partition coefficient (Wildman–Crippen LogP) is 2.01. The highest BCUT2D eigenvalue weighted by atomic mass is 79.9. The van der Waals surface area contributed by atoms with Gasteiger partial charge in [0.15, 0.2) is 0 Å². The molecule has 0 unspecified atom stereocenters. The van der Waals surface area contributed by atoms with Gasteiger partial charge in [0, 0.05) is 24.4 Å². The lowest BCUT2D eigenvalue weighted by molar-refractivity contribution is -0.385. The maximum Gasteiger partial charge on any atom is 0.284 e. The highest BCUT2D eigenvalue weighted by Gasteiger charge is 2.19. The lowest BCUT2D eigenvalue weighted by atomic mass is 10.2. The summed E-state index contributed by atoms with van der Waals surface area (Å²) in [5.74, 6) is -0.392. The highest BCUT2D eigenvalue weighted by Crippen LogP contribution is 2.28. The molecule has 0 fully saturated rings. The van der Waals surface area contributed by atoms with E-state index in [2.05, 4.69) is 31.4 Å². The van der Waals surface area contributed by atoms with E-state index in [1.165, 1.54) is 18.2 Å². The van der Waals surface area contributed by atoms with Crippen molar-refractivity contribution in [2.24, 2.45) is 0 Å². The first-order valence-corrected chi connectivity index (χ1v) is 6.07. The summed E-state index contributed by atoms with van der Waals surface area (Å²) in [5.41, 5.74) is 0.892. The first-order valence-electron chi connectivity index (χ1n) is 5.28. The second-order valence-corrected chi connectivity index (χ2v) is 4.48. The molecule has 0 radical (unpaired) electrons. The summed E-state index contributed by atoms with van der Waals surface area (Å²) in [6, 6.07) is 4.31. The monoisotopic (exact) mass is 324 g/mol. The molecule has 8 heteroatoms. The van der Waals surface area contributed by atoms with Crippen LogP contribution >= 0.6 is 15.9 Å².